The van der Waals surface area contributed by atoms with Crippen LogP contribution in [0.15, 0.2) is 11.6 Å². The molecule has 0 aliphatic heterocycles. The summed E-state index contributed by atoms with van der Waals surface area (Å²) >= 11 is 0. The summed E-state index contributed by atoms with van der Waals surface area (Å²) in [6.45, 7) is 21.8. The Morgan fingerprint density at radius 2 is 1.62 bits per heavy atom. The Labute approximate surface area is 211 Å². The highest BCUT2D eigenvalue weighted by molar-refractivity contribution is 5.66. The molecule has 194 valence electrons. The van der Waals surface area contributed by atoms with E-state index in [1.165, 1.54) is 38.5 Å². The van der Waals surface area contributed by atoms with E-state index in [0.717, 1.165) is 66.1 Å². The maximum absolute atomic E-state index is 11.5. The number of esters is 1. The van der Waals surface area contributed by atoms with Crippen LogP contribution in [-0.4, -0.2) is 12.1 Å². The van der Waals surface area contributed by atoms with Crippen molar-refractivity contribution < 1.29 is 9.53 Å². The molecule has 34 heavy (non-hydrogen) atoms. The Morgan fingerprint density at radius 1 is 0.912 bits per heavy atom. The lowest BCUT2D eigenvalue weighted by Gasteiger charge is -2.58. The van der Waals surface area contributed by atoms with Crippen LogP contribution in [0, 0.1) is 64.1 Å². The second-order valence-corrected chi connectivity index (χ2v) is 14.1. The molecule has 4 rings (SSSR count). The normalized spacial score (nSPS) is 43.1. The van der Waals surface area contributed by atoms with Crippen molar-refractivity contribution in [3.63, 3.8) is 0 Å². The molecule has 0 aromatic heterocycles. The molecule has 3 fully saturated rings. The van der Waals surface area contributed by atoms with Gasteiger partial charge in [-0.1, -0.05) is 67.0 Å². The van der Waals surface area contributed by atoms with Crippen LogP contribution in [-0.2, 0) is 9.53 Å². The minimum atomic E-state index is -0.117. The molecule has 0 spiro atoms. The molecule has 0 amide bonds. The van der Waals surface area contributed by atoms with E-state index in [9.17, 15) is 4.79 Å². The summed E-state index contributed by atoms with van der Waals surface area (Å²) in [5, 5.41) is 0. The van der Waals surface area contributed by atoms with E-state index in [4.69, 9.17) is 4.74 Å². The van der Waals surface area contributed by atoms with Gasteiger partial charge in [0.2, 0.25) is 0 Å². The summed E-state index contributed by atoms with van der Waals surface area (Å²) in [6, 6.07) is 0. The van der Waals surface area contributed by atoms with E-state index in [1.807, 2.05) is 0 Å². The van der Waals surface area contributed by atoms with Gasteiger partial charge in [-0.2, -0.15) is 0 Å². The zero-order valence-electron chi connectivity index (χ0n) is 23.8. The van der Waals surface area contributed by atoms with Gasteiger partial charge < -0.3 is 4.74 Å². The highest BCUT2D eigenvalue weighted by atomic mass is 16.5. The van der Waals surface area contributed by atoms with Gasteiger partial charge in [0.05, 0.1) is 0 Å². The van der Waals surface area contributed by atoms with Gasteiger partial charge in [0, 0.05) is 13.3 Å². The summed E-state index contributed by atoms with van der Waals surface area (Å²) < 4.78 is 5.64. The zero-order valence-corrected chi connectivity index (χ0v) is 23.8. The molecule has 0 saturated heterocycles. The molecule has 11 atom stereocenters. The summed E-state index contributed by atoms with van der Waals surface area (Å²) in [7, 11) is 0. The first-order valence-corrected chi connectivity index (χ1v) is 14.8. The summed E-state index contributed by atoms with van der Waals surface area (Å²) in [6.07, 6.45) is 12.9. The van der Waals surface area contributed by atoms with E-state index in [-0.39, 0.29) is 12.1 Å². The number of rotatable bonds is 6. The minimum absolute atomic E-state index is 0.107. The van der Waals surface area contributed by atoms with Gasteiger partial charge in [-0.3, -0.25) is 4.79 Å². The number of hydrogen-bond acceptors (Lipinski definition) is 2. The van der Waals surface area contributed by atoms with Gasteiger partial charge in [0.25, 0.3) is 0 Å². The first kappa shape index (κ1) is 26.3. The van der Waals surface area contributed by atoms with E-state index >= 15 is 0 Å². The van der Waals surface area contributed by atoms with Crippen LogP contribution < -0.4 is 0 Å². The lowest BCUT2D eigenvalue weighted by molar-refractivity contribution is -0.148. The first-order valence-electron chi connectivity index (χ1n) is 14.8. The van der Waals surface area contributed by atoms with Crippen LogP contribution in [0.3, 0.4) is 0 Å². The summed E-state index contributed by atoms with van der Waals surface area (Å²) in [4.78, 5) is 11.5. The van der Waals surface area contributed by atoms with Crippen molar-refractivity contribution in [2.45, 2.75) is 120 Å². The van der Waals surface area contributed by atoms with Gasteiger partial charge in [-0.05, 0) is 109 Å². The largest absolute Gasteiger partial charge is 0.462 e. The van der Waals surface area contributed by atoms with Crippen molar-refractivity contribution in [3.8, 4) is 0 Å². The number of hydrogen-bond donors (Lipinski definition) is 0. The number of allylic oxidation sites excluding steroid dienone is 1. The molecule has 2 nitrogen and oxygen atoms in total. The molecule has 0 heterocycles. The molecule has 4 aliphatic carbocycles. The molecular weight excluding hydrogens is 416 g/mol. The van der Waals surface area contributed by atoms with Gasteiger partial charge in [0.1, 0.15) is 6.10 Å². The first-order chi connectivity index (χ1) is 15.9. The third-order valence-electron chi connectivity index (χ3n) is 12.6. The maximum Gasteiger partial charge on any atom is 0.302 e. The third kappa shape index (κ3) is 4.32. The Balaban J connectivity index is 1.51. The summed E-state index contributed by atoms with van der Waals surface area (Å²) in [5.41, 5.74) is 2.47. The number of fused-ring (bicyclic) bond motifs is 5. The van der Waals surface area contributed by atoms with Crippen LogP contribution in [0.2, 0.25) is 0 Å². The van der Waals surface area contributed by atoms with E-state index in [1.54, 1.807) is 12.5 Å². The molecule has 3 saturated carbocycles. The Bertz CT molecular complexity index is 782. The fourth-order valence-corrected chi connectivity index (χ4v) is 9.80. The average Bonchev–Trinajstić information content (AvgIpc) is 3.14. The van der Waals surface area contributed by atoms with Crippen LogP contribution in [0.25, 0.3) is 0 Å². The van der Waals surface area contributed by atoms with Gasteiger partial charge in [-0.25, -0.2) is 0 Å². The SMILES string of the molecule is CC(=O)OC1CCC2(C)C(=CCC3C2CCC2(C)C(C(C)C(C)C(C)C(C)C(C)C)CCC32)C1. The standard InChI is InChI=1S/C32H54O2/c1-19(2)20(3)21(4)22(5)23(6)28-12-13-29-27-11-10-25-18-26(34-24(7)33)14-16-31(25,8)30(27)15-17-32(28,29)9/h10,19-23,26-30H,11-18H2,1-9H3. The van der Waals surface area contributed by atoms with Crippen molar-refractivity contribution in [3.05, 3.63) is 11.6 Å². The quantitative estimate of drug-likeness (QED) is 0.286. The lowest BCUT2D eigenvalue weighted by atomic mass is 9.46. The van der Waals surface area contributed by atoms with Crippen LogP contribution >= 0.6 is 0 Å². The topological polar surface area (TPSA) is 26.3 Å². The minimum Gasteiger partial charge on any atom is -0.462 e. The highest BCUT2D eigenvalue weighted by Crippen LogP contribution is 2.67. The molecule has 4 aliphatic rings. The Kier molecular flexibility index (Phi) is 7.41. The van der Waals surface area contributed by atoms with Crippen LogP contribution in [0.4, 0.5) is 0 Å². The second-order valence-electron chi connectivity index (χ2n) is 14.1. The molecule has 11 unspecified atom stereocenters. The Hall–Kier alpha value is -0.790. The van der Waals surface area contributed by atoms with Crippen molar-refractivity contribution in [1.82, 2.24) is 0 Å². The molecule has 0 aromatic carbocycles. The van der Waals surface area contributed by atoms with Crippen molar-refractivity contribution >= 4 is 5.97 Å². The molecule has 0 bridgehead atoms. The smallest absolute Gasteiger partial charge is 0.302 e. The fraction of sp³-hybridized carbons (Fsp3) is 0.906. The van der Waals surface area contributed by atoms with Crippen LogP contribution in [0.1, 0.15) is 114 Å². The highest BCUT2D eigenvalue weighted by Gasteiger charge is 2.59. The number of carbonyl (C=O) groups excluding carboxylic acids is 1. The molecule has 2 heteroatoms. The van der Waals surface area contributed by atoms with E-state index in [0.29, 0.717) is 10.8 Å². The predicted molar refractivity (Wildman–Crippen MR) is 142 cm³/mol. The number of ether oxygens (including phenoxy) is 1. The van der Waals surface area contributed by atoms with Crippen molar-refractivity contribution in [2.24, 2.45) is 64.1 Å². The predicted octanol–water partition coefficient (Wildman–Crippen LogP) is 8.70. The van der Waals surface area contributed by atoms with Crippen molar-refractivity contribution in [2.75, 3.05) is 0 Å². The molecule has 0 aromatic rings. The monoisotopic (exact) mass is 470 g/mol. The third-order valence-corrected chi connectivity index (χ3v) is 12.6. The van der Waals surface area contributed by atoms with E-state index in [2.05, 4.69) is 61.5 Å². The maximum atomic E-state index is 11.5. The average molecular weight is 471 g/mol. The van der Waals surface area contributed by atoms with Gasteiger partial charge >= 0.3 is 5.97 Å². The van der Waals surface area contributed by atoms with Gasteiger partial charge in [-0.15, -0.1) is 0 Å². The van der Waals surface area contributed by atoms with Crippen LogP contribution in [0.5, 0.6) is 0 Å². The van der Waals surface area contributed by atoms with Gasteiger partial charge in [0.15, 0.2) is 0 Å². The van der Waals surface area contributed by atoms with Crippen molar-refractivity contribution in [1.29, 1.82) is 0 Å². The number of carbonyl (C=O) groups is 1. The molecular formula is C32H54O2. The fourth-order valence-electron chi connectivity index (χ4n) is 9.80. The lowest BCUT2D eigenvalue weighted by Crippen LogP contribution is -2.51. The second kappa shape index (κ2) is 9.59. The van der Waals surface area contributed by atoms with E-state index < -0.39 is 0 Å². The summed E-state index contributed by atoms with van der Waals surface area (Å²) in [5.74, 6) is 7.31. The molecule has 0 N–H and O–H groups in total. The zero-order chi connectivity index (χ0) is 25.0. The molecule has 0 radical (unpaired) electrons. The Morgan fingerprint density at radius 3 is 2.26 bits per heavy atom.